The number of nitrogens with two attached hydrogens (primary N) is 2. The average molecular weight is 406 g/mol. The van der Waals surface area contributed by atoms with Crippen molar-refractivity contribution in [1.29, 1.82) is 0 Å². The SMILES string of the molecule is NNC(=S)NN.[Ag].[O-][I+3]([O-])([O-])O. The third kappa shape index (κ3) is 44.4. The zero-order chi connectivity index (χ0) is 9.49. The Morgan fingerprint density at radius 2 is 1.42 bits per heavy atom. The molecule has 0 aromatic heterocycles. The number of halogens is 1. The summed E-state index contributed by atoms with van der Waals surface area (Å²) in [6.45, 7) is 0. The van der Waals surface area contributed by atoms with Gasteiger partial charge in [-0.2, -0.15) is 0 Å². The van der Waals surface area contributed by atoms with Crippen molar-refractivity contribution >= 4 is 17.3 Å². The van der Waals surface area contributed by atoms with E-state index in [1.165, 1.54) is 0 Å². The molecule has 0 heterocycles. The molecule has 0 fully saturated rings. The van der Waals surface area contributed by atoms with Gasteiger partial charge in [0.05, 0.1) is 0 Å². The summed E-state index contributed by atoms with van der Waals surface area (Å²) in [7, 11) is 0. The van der Waals surface area contributed by atoms with Crippen LogP contribution in [0.25, 0.3) is 0 Å². The van der Waals surface area contributed by atoms with E-state index < -0.39 is 20.1 Å². The first-order valence-electron chi connectivity index (χ1n) is 1.91. The molecule has 12 heavy (non-hydrogen) atoms. The van der Waals surface area contributed by atoms with Crippen molar-refractivity contribution in [2.24, 2.45) is 11.7 Å². The number of thiocarbonyl (C=S) groups is 1. The van der Waals surface area contributed by atoms with Crippen LogP contribution in [0.2, 0.25) is 0 Å². The van der Waals surface area contributed by atoms with E-state index in [1.54, 1.807) is 0 Å². The van der Waals surface area contributed by atoms with Crippen molar-refractivity contribution < 1.29 is 56.2 Å². The minimum absolute atomic E-state index is 0. The van der Waals surface area contributed by atoms with Crippen molar-refractivity contribution in [2.45, 2.75) is 0 Å². The van der Waals surface area contributed by atoms with E-state index in [2.05, 4.69) is 23.1 Å². The van der Waals surface area contributed by atoms with Crippen molar-refractivity contribution in [2.75, 3.05) is 0 Å². The van der Waals surface area contributed by atoms with E-state index in [9.17, 15) is 0 Å². The first kappa shape index (κ1) is 18.7. The number of nitrogens with one attached hydrogen (secondary N) is 2. The molecule has 0 aliphatic heterocycles. The monoisotopic (exact) mass is 405 g/mol. The van der Waals surface area contributed by atoms with Gasteiger partial charge in [0.15, 0.2) is 5.11 Å². The fraction of sp³-hybridized carbons (Fsp3) is 0. The van der Waals surface area contributed by atoms with E-state index >= 15 is 0 Å². The van der Waals surface area contributed by atoms with Gasteiger partial charge in [0.2, 0.25) is 0 Å². The van der Waals surface area contributed by atoms with Gasteiger partial charge in [-0.15, -0.1) is 0 Å². The number of hydrazine groups is 2. The minimum atomic E-state index is -5.69. The smallest absolute Gasteiger partial charge is 0.300 e. The van der Waals surface area contributed by atoms with Crippen LogP contribution < -0.4 is 52.9 Å². The van der Waals surface area contributed by atoms with E-state index in [-0.39, 0.29) is 27.5 Å². The second kappa shape index (κ2) is 10.0. The Kier molecular flexibility index (Phi) is 15.6. The van der Waals surface area contributed by atoms with Gasteiger partial charge in [0, 0.05) is 25.8 Å². The quantitative estimate of drug-likeness (QED) is 0.0864. The maximum absolute atomic E-state index is 8.73. The molecule has 0 saturated carbocycles. The van der Waals surface area contributed by atoms with Crippen LogP contribution in [0, 0.1) is 0 Å². The number of hydrogen-bond donors (Lipinski definition) is 5. The van der Waals surface area contributed by atoms with Crippen molar-refractivity contribution in [1.82, 2.24) is 10.9 Å². The summed E-state index contributed by atoms with van der Waals surface area (Å²) >= 11 is -1.31. The van der Waals surface area contributed by atoms with Gasteiger partial charge >= 0.3 is 20.1 Å². The van der Waals surface area contributed by atoms with Crippen molar-refractivity contribution in [3.63, 3.8) is 0 Å². The van der Waals surface area contributed by atoms with Gasteiger partial charge < -0.3 is 0 Å². The number of hydrogen-bond acceptors (Lipinski definition) is 7. The standard InChI is InChI=1S/CH6N4S.Ag.HIO4/c2-4-1(6)5-3;;2-1(3,4)5/h2-3H2,(H2,4,5,6);;2H. The predicted octanol–water partition coefficient (Wildman–Crippen LogP) is -8.92. The summed E-state index contributed by atoms with van der Waals surface area (Å²) < 4.78 is 33.2. The molecule has 0 bridgehead atoms. The van der Waals surface area contributed by atoms with Crippen LogP contribution in [0.4, 0.5) is 0 Å². The molecule has 11 heteroatoms. The molecule has 0 aromatic rings. The minimum Gasteiger partial charge on any atom is -0.300 e. The number of rotatable bonds is 0. The molecule has 1 radical (unpaired) electrons. The van der Waals surface area contributed by atoms with E-state index in [0.29, 0.717) is 0 Å². The Bertz CT molecular complexity index is 108. The molecule has 0 rings (SSSR count). The molecule has 8 nitrogen and oxygen atoms in total. The molecule has 0 aliphatic rings. The fourth-order valence-electron chi connectivity index (χ4n) is 0.0417. The second-order valence-electron chi connectivity index (χ2n) is 1.01. The molecule has 0 aliphatic carbocycles. The van der Waals surface area contributed by atoms with Crippen LogP contribution in [0.1, 0.15) is 0 Å². The zero-order valence-electron chi connectivity index (χ0n) is 5.41. The zero-order valence-corrected chi connectivity index (χ0v) is 9.87. The Morgan fingerprint density at radius 3 is 1.42 bits per heavy atom. The van der Waals surface area contributed by atoms with E-state index in [0.717, 1.165) is 0 Å². The Morgan fingerprint density at radius 1 is 1.25 bits per heavy atom. The largest absolute Gasteiger partial charge is 0.368 e. The van der Waals surface area contributed by atoms with Crippen LogP contribution in [0.3, 0.4) is 0 Å². The second-order valence-corrected chi connectivity index (χ2v) is 3.68. The summed E-state index contributed by atoms with van der Waals surface area (Å²) in [5.41, 5.74) is 4.22. The molecule has 0 spiro atoms. The van der Waals surface area contributed by atoms with Crippen LogP contribution in [0.15, 0.2) is 0 Å². The third-order valence-electron chi connectivity index (χ3n) is 0.262. The Balaban J connectivity index is -0.000000126. The normalized spacial score (nSPS) is 8.50. The van der Waals surface area contributed by atoms with Gasteiger partial charge in [-0.25, -0.2) is 11.7 Å². The molecule has 7 N–H and O–H groups in total. The molecule has 0 unspecified atom stereocenters. The molecule has 0 aromatic carbocycles. The van der Waals surface area contributed by atoms with Crippen molar-refractivity contribution in [3.8, 4) is 0 Å². The van der Waals surface area contributed by atoms with E-state index in [1.807, 2.05) is 0 Å². The van der Waals surface area contributed by atoms with Gasteiger partial charge in [0.1, 0.15) is 0 Å². The molecular formula is CH7AgIN4O4S. The van der Waals surface area contributed by atoms with E-state index in [4.69, 9.17) is 25.4 Å². The molecular weight excluding hydrogens is 399 g/mol. The van der Waals surface area contributed by atoms with Gasteiger partial charge in [0.25, 0.3) is 0 Å². The van der Waals surface area contributed by atoms with Gasteiger partial charge in [-0.1, -0.05) is 0 Å². The summed E-state index contributed by atoms with van der Waals surface area (Å²) in [6.07, 6.45) is 0. The predicted molar refractivity (Wildman–Crippen MR) is 29.5 cm³/mol. The topological polar surface area (TPSA) is 166 Å². The van der Waals surface area contributed by atoms with Crippen LogP contribution in [-0.4, -0.2) is 8.55 Å². The maximum Gasteiger partial charge on any atom is 0.368 e. The fourth-order valence-corrected chi connectivity index (χ4v) is 0.0417. The summed E-state index contributed by atoms with van der Waals surface area (Å²) in [5.74, 6) is 9.50. The summed E-state index contributed by atoms with van der Waals surface area (Å²) in [6, 6.07) is 0. The first-order chi connectivity index (χ1) is 4.81. The molecule has 79 valence electrons. The van der Waals surface area contributed by atoms with Crippen molar-refractivity contribution in [3.05, 3.63) is 0 Å². The average Bonchev–Trinajstić information content (AvgIpc) is 1.83. The molecule has 0 amide bonds. The summed E-state index contributed by atoms with van der Waals surface area (Å²) in [5, 5.41) is 0.231. The molecule has 0 saturated heterocycles. The molecule has 0 atom stereocenters. The Labute approximate surface area is 95.5 Å². The van der Waals surface area contributed by atoms with Gasteiger partial charge in [-0.05, 0) is 12.2 Å². The van der Waals surface area contributed by atoms with Gasteiger partial charge in [-0.3, -0.25) is 21.2 Å². The van der Waals surface area contributed by atoms with Crippen LogP contribution in [0.5, 0.6) is 0 Å². The first-order valence-corrected chi connectivity index (χ1v) is 5.93. The third-order valence-corrected chi connectivity index (χ3v) is 0.498. The van der Waals surface area contributed by atoms with Crippen LogP contribution >= 0.6 is 12.2 Å². The Hall–Kier alpha value is 0.920. The van der Waals surface area contributed by atoms with Crippen LogP contribution in [-0.2, 0) is 22.4 Å². The maximum atomic E-state index is 8.73. The summed E-state index contributed by atoms with van der Waals surface area (Å²) in [4.78, 5) is 0.